The lowest BCUT2D eigenvalue weighted by Crippen LogP contribution is -2.27. The molecule has 4 aromatic rings. The van der Waals surface area contributed by atoms with Gasteiger partial charge in [0, 0.05) is 0 Å². The highest BCUT2D eigenvalue weighted by atomic mass is 32.2. The van der Waals surface area contributed by atoms with Crippen LogP contribution in [0.1, 0.15) is 11.1 Å². The Morgan fingerprint density at radius 3 is 2.50 bits per heavy atom. The number of benzene rings is 4. The highest BCUT2D eigenvalue weighted by molar-refractivity contribution is 8.27. The number of fused-ring (bicyclic) bond motifs is 1. The predicted molar refractivity (Wildman–Crippen MR) is 137 cm³/mol. The van der Waals surface area contributed by atoms with Crippen LogP contribution in [-0.2, 0) is 11.4 Å². The first-order chi connectivity index (χ1) is 15.7. The van der Waals surface area contributed by atoms with E-state index in [2.05, 4.69) is 24.3 Å². The van der Waals surface area contributed by atoms with Crippen LogP contribution in [0.15, 0.2) is 102 Å². The van der Waals surface area contributed by atoms with E-state index in [1.807, 2.05) is 78.9 Å². The van der Waals surface area contributed by atoms with Gasteiger partial charge in [-0.1, -0.05) is 96.8 Å². The molecule has 1 heterocycles. The Hall–Kier alpha value is -3.41. The first kappa shape index (κ1) is 20.5. The lowest BCUT2D eigenvalue weighted by atomic mass is 10.1. The molecule has 1 amide bonds. The van der Waals surface area contributed by atoms with Gasteiger partial charge in [-0.3, -0.25) is 9.69 Å². The average molecular weight is 454 g/mol. The van der Waals surface area contributed by atoms with E-state index in [4.69, 9.17) is 17.0 Å². The van der Waals surface area contributed by atoms with Gasteiger partial charge >= 0.3 is 0 Å². The summed E-state index contributed by atoms with van der Waals surface area (Å²) in [5.41, 5.74) is 2.82. The molecule has 32 heavy (non-hydrogen) atoms. The van der Waals surface area contributed by atoms with E-state index < -0.39 is 0 Å². The van der Waals surface area contributed by atoms with Crippen LogP contribution in [0.2, 0.25) is 0 Å². The van der Waals surface area contributed by atoms with Crippen LogP contribution >= 0.6 is 24.0 Å². The van der Waals surface area contributed by atoms with Gasteiger partial charge in [0.05, 0.1) is 10.6 Å². The van der Waals surface area contributed by atoms with E-state index in [-0.39, 0.29) is 5.91 Å². The van der Waals surface area contributed by atoms with Crippen LogP contribution in [0.25, 0.3) is 16.8 Å². The molecule has 0 saturated carbocycles. The fourth-order valence-corrected chi connectivity index (χ4v) is 4.99. The number of ether oxygens (including phenoxy) is 1. The van der Waals surface area contributed by atoms with E-state index in [1.165, 1.54) is 22.5 Å². The van der Waals surface area contributed by atoms with E-state index in [0.717, 1.165) is 22.6 Å². The van der Waals surface area contributed by atoms with Gasteiger partial charge < -0.3 is 4.74 Å². The molecule has 1 aliphatic rings. The van der Waals surface area contributed by atoms with Crippen molar-refractivity contribution in [1.82, 2.24) is 0 Å². The normalized spacial score (nSPS) is 15.0. The van der Waals surface area contributed by atoms with Crippen molar-refractivity contribution in [2.45, 2.75) is 6.61 Å². The smallest absolute Gasteiger partial charge is 0.270 e. The van der Waals surface area contributed by atoms with Crippen LogP contribution in [0, 0.1) is 0 Å². The topological polar surface area (TPSA) is 29.5 Å². The summed E-state index contributed by atoms with van der Waals surface area (Å²) in [5.74, 6) is 0.651. The van der Waals surface area contributed by atoms with Crippen molar-refractivity contribution >= 4 is 56.7 Å². The quantitative estimate of drug-likeness (QED) is 0.245. The molecule has 156 valence electrons. The molecule has 0 radical (unpaired) electrons. The first-order valence-electron chi connectivity index (χ1n) is 10.2. The number of hydrogen-bond donors (Lipinski definition) is 0. The Bertz CT molecular complexity index is 1340. The summed E-state index contributed by atoms with van der Waals surface area (Å²) in [7, 11) is 0. The zero-order valence-corrected chi connectivity index (χ0v) is 18.7. The molecule has 5 rings (SSSR count). The summed E-state index contributed by atoms with van der Waals surface area (Å²) in [6.07, 6.45) is 1.87. The molecule has 0 spiro atoms. The molecule has 0 aliphatic carbocycles. The van der Waals surface area contributed by atoms with Crippen LogP contribution in [0.3, 0.4) is 0 Å². The van der Waals surface area contributed by atoms with E-state index in [0.29, 0.717) is 15.8 Å². The van der Waals surface area contributed by atoms with Crippen molar-refractivity contribution in [2.24, 2.45) is 0 Å². The van der Waals surface area contributed by atoms with Crippen molar-refractivity contribution in [1.29, 1.82) is 0 Å². The second-order valence-electron chi connectivity index (χ2n) is 7.35. The van der Waals surface area contributed by atoms with Gasteiger partial charge in [-0.15, -0.1) is 0 Å². The Balaban J connectivity index is 1.35. The van der Waals surface area contributed by atoms with Crippen LogP contribution in [0.5, 0.6) is 5.75 Å². The summed E-state index contributed by atoms with van der Waals surface area (Å²) in [6.45, 7) is 0.473. The molecule has 5 heteroatoms. The Morgan fingerprint density at radius 2 is 1.62 bits per heavy atom. The number of nitrogens with zero attached hydrogens (tertiary/aromatic N) is 1. The number of amides is 1. The number of thioether (sulfide) groups is 1. The minimum absolute atomic E-state index is 0.103. The van der Waals surface area contributed by atoms with Crippen molar-refractivity contribution in [2.75, 3.05) is 4.90 Å². The molecular weight excluding hydrogens is 434 g/mol. The third-order valence-electron chi connectivity index (χ3n) is 5.24. The molecule has 3 nitrogen and oxygen atoms in total. The van der Waals surface area contributed by atoms with Crippen molar-refractivity contribution < 1.29 is 9.53 Å². The Kier molecular flexibility index (Phi) is 5.75. The number of thiocarbonyl (C=S) groups is 1. The number of hydrogen-bond acceptors (Lipinski definition) is 4. The summed E-state index contributed by atoms with van der Waals surface area (Å²) >= 11 is 6.77. The second kappa shape index (κ2) is 8.99. The van der Waals surface area contributed by atoms with Gasteiger partial charge in [0.15, 0.2) is 4.32 Å². The van der Waals surface area contributed by atoms with Gasteiger partial charge in [0.1, 0.15) is 12.4 Å². The van der Waals surface area contributed by atoms with Gasteiger partial charge in [0.2, 0.25) is 0 Å². The summed E-state index contributed by atoms with van der Waals surface area (Å²) in [5, 5.41) is 2.39. The number of para-hydroxylation sites is 1. The van der Waals surface area contributed by atoms with Gasteiger partial charge in [-0.25, -0.2) is 0 Å². The van der Waals surface area contributed by atoms with Crippen LogP contribution < -0.4 is 9.64 Å². The van der Waals surface area contributed by atoms with Gasteiger partial charge in [-0.05, 0) is 52.2 Å². The molecule has 4 aromatic carbocycles. The largest absolute Gasteiger partial charge is 0.489 e. The number of carbonyl (C=O) groups is 1. The number of carbonyl (C=O) groups excluding carboxylic acids is 1. The third-order valence-corrected chi connectivity index (χ3v) is 6.54. The predicted octanol–water partition coefficient (Wildman–Crippen LogP) is 6.82. The molecule has 0 aromatic heterocycles. The summed E-state index contributed by atoms with van der Waals surface area (Å²) in [6, 6.07) is 31.8. The molecule has 0 atom stereocenters. The molecule has 1 aliphatic heterocycles. The van der Waals surface area contributed by atoms with Crippen LogP contribution in [0.4, 0.5) is 5.69 Å². The highest BCUT2D eigenvalue weighted by Crippen LogP contribution is 2.36. The van der Waals surface area contributed by atoms with Gasteiger partial charge in [-0.2, -0.15) is 0 Å². The first-order valence-corrected chi connectivity index (χ1v) is 11.4. The fourth-order valence-electron chi connectivity index (χ4n) is 3.69. The molecular formula is C27H19NO2S2. The molecule has 1 fully saturated rings. The Morgan fingerprint density at radius 1 is 0.875 bits per heavy atom. The lowest BCUT2D eigenvalue weighted by molar-refractivity contribution is -0.113. The summed E-state index contributed by atoms with van der Waals surface area (Å²) < 4.78 is 6.62. The minimum atomic E-state index is -0.103. The molecule has 1 saturated heterocycles. The summed E-state index contributed by atoms with van der Waals surface area (Å²) in [4.78, 5) is 15.1. The highest BCUT2D eigenvalue weighted by Gasteiger charge is 2.33. The van der Waals surface area contributed by atoms with E-state index in [1.54, 1.807) is 4.90 Å². The zero-order chi connectivity index (χ0) is 21.9. The van der Waals surface area contributed by atoms with Crippen LogP contribution in [-0.4, -0.2) is 10.2 Å². The number of rotatable bonds is 5. The zero-order valence-electron chi connectivity index (χ0n) is 17.1. The minimum Gasteiger partial charge on any atom is -0.489 e. The van der Waals surface area contributed by atoms with Gasteiger partial charge in [0.25, 0.3) is 5.91 Å². The fraction of sp³-hybridized carbons (Fsp3) is 0.0370. The standard InChI is InChI=1S/C27H19NO2S2/c29-26-25(32-27(31)28(26)22-12-2-1-3-13-22)17-19-8-6-14-23(16-19)30-18-21-11-7-10-20-9-4-5-15-24(20)21/h1-17H,18H2/b25-17+. The lowest BCUT2D eigenvalue weighted by Gasteiger charge is -2.13. The maximum atomic E-state index is 13.0. The molecule has 0 N–H and O–H groups in total. The van der Waals surface area contributed by atoms with E-state index >= 15 is 0 Å². The van der Waals surface area contributed by atoms with Crippen molar-refractivity contribution in [3.63, 3.8) is 0 Å². The maximum absolute atomic E-state index is 13.0. The molecule has 0 unspecified atom stereocenters. The third kappa shape index (κ3) is 4.17. The average Bonchev–Trinajstić information content (AvgIpc) is 3.11. The Labute approximate surface area is 196 Å². The number of anilines is 1. The molecule has 0 bridgehead atoms. The second-order valence-corrected chi connectivity index (χ2v) is 9.03. The van der Waals surface area contributed by atoms with E-state index in [9.17, 15) is 4.79 Å². The van der Waals surface area contributed by atoms with Crippen molar-refractivity contribution in [3.8, 4) is 5.75 Å². The SMILES string of the molecule is O=C1/C(=C\c2cccc(OCc3cccc4ccccc34)c2)SC(=S)N1c1ccccc1. The maximum Gasteiger partial charge on any atom is 0.270 e. The monoisotopic (exact) mass is 453 g/mol. The van der Waals surface area contributed by atoms with Crippen molar-refractivity contribution in [3.05, 3.63) is 113 Å².